The van der Waals surface area contributed by atoms with Crippen LogP contribution in [-0.4, -0.2) is 0 Å². The summed E-state index contributed by atoms with van der Waals surface area (Å²) < 4.78 is 1.48. The van der Waals surface area contributed by atoms with E-state index in [1.165, 1.54) is 16.9 Å². The Morgan fingerprint density at radius 1 is 1.18 bits per heavy atom. The maximum Gasteiger partial charge on any atom is 0.0996 e. The van der Waals surface area contributed by atoms with Crippen LogP contribution in [0, 0.1) is 6.92 Å². The number of nitrogens with one attached hydrogen (secondary N) is 1. The molecule has 17 heavy (non-hydrogen) atoms. The number of rotatable bonds is 3. The van der Waals surface area contributed by atoms with Gasteiger partial charge in [-0.2, -0.15) is 0 Å². The smallest absolute Gasteiger partial charge is 0.0996 e. The lowest BCUT2D eigenvalue weighted by Crippen LogP contribution is -2.05. The normalized spacial score (nSPS) is 12.5. The van der Waals surface area contributed by atoms with Crippen LogP contribution in [0.1, 0.15) is 24.1 Å². The molecule has 4 heteroatoms. The Labute approximate surface area is 115 Å². The summed E-state index contributed by atoms with van der Waals surface area (Å²) in [6.45, 7) is 4.15. The zero-order valence-electron chi connectivity index (χ0n) is 9.63. The van der Waals surface area contributed by atoms with Crippen molar-refractivity contribution in [2.75, 3.05) is 5.32 Å². The van der Waals surface area contributed by atoms with Gasteiger partial charge in [0.25, 0.3) is 0 Å². The zero-order chi connectivity index (χ0) is 12.4. The van der Waals surface area contributed by atoms with E-state index < -0.39 is 0 Å². The average Bonchev–Trinajstić information content (AvgIpc) is 2.61. The van der Waals surface area contributed by atoms with E-state index in [1.54, 1.807) is 0 Å². The molecular weight excluding hydrogens is 273 g/mol. The van der Waals surface area contributed by atoms with Gasteiger partial charge in [-0.05, 0) is 32.0 Å². The third-order valence-corrected chi connectivity index (χ3v) is 4.10. The quantitative estimate of drug-likeness (QED) is 0.781. The Morgan fingerprint density at radius 2 is 1.82 bits per heavy atom. The standard InChI is InChI=1S/C13H13Cl2NS/c1-8-3-5-10(6-4-8)16-9(2)11-7-12(14)17-13(11)15/h3-7,9,16H,1-2H3. The first-order valence-corrected chi connectivity index (χ1v) is 6.91. The number of hydrogen-bond acceptors (Lipinski definition) is 2. The summed E-state index contributed by atoms with van der Waals surface area (Å²) in [5.74, 6) is 0. The molecule has 90 valence electrons. The molecule has 0 bridgehead atoms. The van der Waals surface area contributed by atoms with E-state index >= 15 is 0 Å². The fraction of sp³-hybridized carbons (Fsp3) is 0.231. The second-order valence-corrected chi connectivity index (χ2v) is 6.30. The SMILES string of the molecule is Cc1ccc(NC(C)c2cc(Cl)sc2Cl)cc1. The molecule has 0 spiro atoms. The van der Waals surface area contributed by atoms with Crippen LogP contribution in [0.3, 0.4) is 0 Å². The summed E-state index contributed by atoms with van der Waals surface area (Å²) >= 11 is 13.5. The first kappa shape index (κ1) is 12.7. The van der Waals surface area contributed by atoms with Crippen molar-refractivity contribution in [3.8, 4) is 0 Å². The monoisotopic (exact) mass is 285 g/mol. The first-order chi connectivity index (χ1) is 8.06. The van der Waals surface area contributed by atoms with Crippen molar-refractivity contribution < 1.29 is 0 Å². The third-order valence-electron chi connectivity index (χ3n) is 2.58. The maximum atomic E-state index is 6.13. The van der Waals surface area contributed by atoms with Crippen molar-refractivity contribution in [1.29, 1.82) is 0 Å². The highest BCUT2D eigenvalue weighted by molar-refractivity contribution is 7.20. The highest BCUT2D eigenvalue weighted by Gasteiger charge is 2.12. The molecule has 0 aliphatic heterocycles. The van der Waals surface area contributed by atoms with Crippen LogP contribution in [0.25, 0.3) is 0 Å². The summed E-state index contributed by atoms with van der Waals surface area (Å²) in [4.78, 5) is 0. The molecule has 1 unspecified atom stereocenters. The van der Waals surface area contributed by atoms with E-state index in [0.717, 1.165) is 19.9 Å². The van der Waals surface area contributed by atoms with Crippen LogP contribution in [0.5, 0.6) is 0 Å². The molecule has 0 aliphatic carbocycles. The lowest BCUT2D eigenvalue weighted by Gasteiger charge is -2.14. The molecule has 1 heterocycles. The number of benzene rings is 1. The summed E-state index contributed by atoms with van der Waals surface area (Å²) in [7, 11) is 0. The molecule has 0 radical (unpaired) electrons. The Balaban J connectivity index is 2.14. The molecule has 1 aromatic carbocycles. The number of anilines is 1. The minimum atomic E-state index is 0.147. The van der Waals surface area contributed by atoms with Gasteiger partial charge < -0.3 is 5.32 Å². The van der Waals surface area contributed by atoms with Crippen LogP contribution in [0.15, 0.2) is 30.3 Å². The van der Waals surface area contributed by atoms with Crippen molar-refractivity contribution >= 4 is 40.2 Å². The van der Waals surface area contributed by atoms with Crippen molar-refractivity contribution in [3.05, 3.63) is 50.1 Å². The van der Waals surface area contributed by atoms with E-state index in [1.807, 2.05) is 6.07 Å². The summed E-state index contributed by atoms with van der Waals surface area (Å²) in [6, 6.07) is 10.4. The number of hydrogen-bond donors (Lipinski definition) is 1. The first-order valence-electron chi connectivity index (χ1n) is 5.34. The van der Waals surface area contributed by atoms with Crippen LogP contribution in [0.2, 0.25) is 8.67 Å². The van der Waals surface area contributed by atoms with Gasteiger partial charge in [-0.1, -0.05) is 40.9 Å². The molecule has 2 rings (SSSR count). The minimum Gasteiger partial charge on any atom is -0.378 e. The molecule has 1 aromatic heterocycles. The van der Waals surface area contributed by atoms with Gasteiger partial charge in [-0.25, -0.2) is 0 Å². The number of thiophene rings is 1. The summed E-state index contributed by atoms with van der Waals surface area (Å²) in [6.07, 6.45) is 0. The zero-order valence-corrected chi connectivity index (χ0v) is 12.0. The highest BCUT2D eigenvalue weighted by Crippen LogP contribution is 2.36. The second kappa shape index (κ2) is 5.30. The van der Waals surface area contributed by atoms with Crippen LogP contribution < -0.4 is 5.32 Å². The third kappa shape index (κ3) is 3.15. The molecule has 2 aromatic rings. The Hall–Kier alpha value is -0.700. The lowest BCUT2D eigenvalue weighted by molar-refractivity contribution is 0.891. The summed E-state index contributed by atoms with van der Waals surface area (Å²) in [5, 5.41) is 3.40. The maximum absolute atomic E-state index is 6.13. The van der Waals surface area contributed by atoms with Crippen molar-refractivity contribution in [3.63, 3.8) is 0 Å². The van der Waals surface area contributed by atoms with E-state index in [2.05, 4.69) is 43.4 Å². The predicted molar refractivity (Wildman–Crippen MR) is 77.6 cm³/mol. The molecule has 0 saturated heterocycles. The molecular formula is C13H13Cl2NS. The molecule has 0 aliphatic rings. The van der Waals surface area contributed by atoms with Gasteiger partial charge in [0.2, 0.25) is 0 Å². The fourth-order valence-corrected chi connectivity index (χ4v) is 3.27. The van der Waals surface area contributed by atoms with E-state index in [4.69, 9.17) is 23.2 Å². The van der Waals surface area contributed by atoms with E-state index in [-0.39, 0.29) is 6.04 Å². The Kier molecular flexibility index (Phi) is 3.97. The lowest BCUT2D eigenvalue weighted by atomic mass is 10.1. The number of halogens is 2. The summed E-state index contributed by atoms with van der Waals surface area (Å²) in [5.41, 5.74) is 3.38. The molecule has 1 N–H and O–H groups in total. The Morgan fingerprint density at radius 3 is 2.35 bits per heavy atom. The van der Waals surface area contributed by atoms with Crippen LogP contribution >= 0.6 is 34.5 Å². The molecule has 0 saturated carbocycles. The van der Waals surface area contributed by atoms with E-state index in [0.29, 0.717) is 0 Å². The van der Waals surface area contributed by atoms with Crippen LogP contribution in [0.4, 0.5) is 5.69 Å². The van der Waals surface area contributed by atoms with Crippen molar-refractivity contribution in [2.45, 2.75) is 19.9 Å². The molecule has 1 atom stereocenters. The second-order valence-electron chi connectivity index (χ2n) is 4.01. The molecule has 0 fully saturated rings. The van der Waals surface area contributed by atoms with Crippen LogP contribution in [-0.2, 0) is 0 Å². The van der Waals surface area contributed by atoms with Crippen molar-refractivity contribution in [1.82, 2.24) is 0 Å². The van der Waals surface area contributed by atoms with Gasteiger partial charge in [0, 0.05) is 11.3 Å². The topological polar surface area (TPSA) is 12.0 Å². The Bertz CT molecular complexity index is 505. The van der Waals surface area contributed by atoms with E-state index in [9.17, 15) is 0 Å². The van der Waals surface area contributed by atoms with Gasteiger partial charge >= 0.3 is 0 Å². The largest absolute Gasteiger partial charge is 0.378 e. The van der Waals surface area contributed by atoms with Gasteiger partial charge in [-0.15, -0.1) is 11.3 Å². The predicted octanol–water partition coefficient (Wildman–Crippen LogP) is 5.54. The fourth-order valence-electron chi connectivity index (χ4n) is 1.63. The molecule has 0 amide bonds. The highest BCUT2D eigenvalue weighted by atomic mass is 35.5. The minimum absolute atomic E-state index is 0.147. The van der Waals surface area contributed by atoms with Gasteiger partial charge in [0.05, 0.1) is 14.7 Å². The number of aryl methyl sites for hydroxylation is 1. The average molecular weight is 286 g/mol. The van der Waals surface area contributed by atoms with Gasteiger partial charge in [0.15, 0.2) is 0 Å². The van der Waals surface area contributed by atoms with Gasteiger partial charge in [-0.3, -0.25) is 0 Å². The van der Waals surface area contributed by atoms with Gasteiger partial charge in [0.1, 0.15) is 0 Å². The van der Waals surface area contributed by atoms with Crippen molar-refractivity contribution in [2.24, 2.45) is 0 Å². The molecule has 1 nitrogen and oxygen atoms in total.